The van der Waals surface area contributed by atoms with E-state index in [2.05, 4.69) is 24.3 Å². The second kappa shape index (κ2) is 11.3. The number of pyridine rings is 2. The molecule has 0 N–H and O–H groups in total. The molecule has 0 aliphatic carbocycles. The Hall–Kier alpha value is -3.58. The van der Waals surface area contributed by atoms with Crippen molar-refractivity contribution >= 4 is 28.5 Å². The van der Waals surface area contributed by atoms with Crippen LogP contribution >= 0.6 is 11.6 Å². The van der Waals surface area contributed by atoms with E-state index in [-0.39, 0.29) is 18.0 Å². The van der Waals surface area contributed by atoms with Crippen molar-refractivity contribution in [2.24, 2.45) is 0 Å². The van der Waals surface area contributed by atoms with E-state index in [9.17, 15) is 4.39 Å². The van der Waals surface area contributed by atoms with Gasteiger partial charge in [0.25, 0.3) is 5.82 Å². The molecule has 8 nitrogen and oxygen atoms in total. The second-order valence-corrected chi connectivity index (χ2v) is 10.5. The standard InChI is InChI=1S/C29H28ClFN6O2/c1-32-27-15-25-26(16-33-27)37(17-23-9-12-38-23)28(35-25)18-36-10-7-22(8-11-36)39-29-4-2-3-21(34-29)13-19-5-6-20(30)14-24(19)31/h2-6,14-16,22-23H,7-13,17-18H2/t23-/m0/s1. The van der Waals surface area contributed by atoms with Crippen molar-refractivity contribution < 1.29 is 13.9 Å². The first-order valence-electron chi connectivity index (χ1n) is 13.2. The van der Waals surface area contributed by atoms with Crippen LogP contribution in [0.5, 0.6) is 5.88 Å². The summed E-state index contributed by atoms with van der Waals surface area (Å²) < 4.78 is 28.3. The van der Waals surface area contributed by atoms with Gasteiger partial charge in [-0.3, -0.25) is 4.90 Å². The molecule has 39 heavy (non-hydrogen) atoms. The number of hydrogen-bond acceptors (Lipinski definition) is 6. The third-order valence-electron chi connectivity index (χ3n) is 7.35. The lowest BCUT2D eigenvalue weighted by Gasteiger charge is -2.32. The van der Waals surface area contributed by atoms with Crippen molar-refractivity contribution in [3.8, 4) is 5.88 Å². The van der Waals surface area contributed by atoms with Gasteiger partial charge in [0, 0.05) is 42.9 Å². The fraction of sp³-hybridized carbons (Fsp3) is 0.379. The van der Waals surface area contributed by atoms with Gasteiger partial charge in [-0.25, -0.2) is 14.4 Å². The number of imidazole rings is 1. The van der Waals surface area contributed by atoms with Crippen LogP contribution in [0.2, 0.25) is 5.02 Å². The molecule has 200 valence electrons. The van der Waals surface area contributed by atoms with E-state index in [0.717, 1.165) is 68.1 Å². The normalized spacial score (nSPS) is 18.1. The number of nitrogens with zero attached hydrogens (tertiary/aromatic N) is 6. The summed E-state index contributed by atoms with van der Waals surface area (Å²) in [6, 6.07) is 12.1. The lowest BCUT2D eigenvalue weighted by Crippen LogP contribution is -2.39. The summed E-state index contributed by atoms with van der Waals surface area (Å²) in [6.45, 7) is 11.3. The Morgan fingerprint density at radius 3 is 2.72 bits per heavy atom. The van der Waals surface area contributed by atoms with Gasteiger partial charge in [-0.15, -0.1) is 4.98 Å². The minimum Gasteiger partial charge on any atom is -0.474 e. The van der Waals surface area contributed by atoms with E-state index in [1.165, 1.54) is 6.07 Å². The van der Waals surface area contributed by atoms with Crippen LogP contribution in [0.1, 0.15) is 36.3 Å². The van der Waals surface area contributed by atoms with Gasteiger partial charge in [0.05, 0.1) is 24.7 Å². The Balaban J connectivity index is 1.08. The number of piperidine rings is 1. The molecule has 3 aromatic heterocycles. The first-order chi connectivity index (χ1) is 19.0. The molecule has 5 heterocycles. The zero-order valence-corrected chi connectivity index (χ0v) is 22.1. The van der Waals surface area contributed by atoms with Crippen LogP contribution in [0.4, 0.5) is 10.2 Å². The molecule has 2 fully saturated rings. The molecule has 0 spiro atoms. The van der Waals surface area contributed by atoms with E-state index in [4.69, 9.17) is 32.6 Å². The van der Waals surface area contributed by atoms with Crippen LogP contribution in [0.3, 0.4) is 0 Å². The Morgan fingerprint density at radius 1 is 1.13 bits per heavy atom. The Kier molecular flexibility index (Phi) is 7.42. The zero-order chi connectivity index (χ0) is 26.8. The van der Waals surface area contributed by atoms with Crippen molar-refractivity contribution in [2.75, 3.05) is 19.7 Å². The highest BCUT2D eigenvalue weighted by Gasteiger charge is 2.26. The third kappa shape index (κ3) is 5.88. The Bertz CT molecular complexity index is 1520. The highest BCUT2D eigenvalue weighted by Crippen LogP contribution is 2.26. The summed E-state index contributed by atoms with van der Waals surface area (Å²) in [5, 5.41) is 0.378. The molecular formula is C29H28ClFN6O2. The van der Waals surface area contributed by atoms with Gasteiger partial charge in [0.2, 0.25) is 5.88 Å². The van der Waals surface area contributed by atoms with Crippen LogP contribution in [-0.4, -0.2) is 56.3 Å². The fourth-order valence-corrected chi connectivity index (χ4v) is 5.28. The van der Waals surface area contributed by atoms with Crippen LogP contribution in [0, 0.1) is 12.4 Å². The molecule has 2 saturated heterocycles. The smallest absolute Gasteiger partial charge is 0.271 e. The number of hydrogen-bond donors (Lipinski definition) is 0. The van der Waals surface area contributed by atoms with Crippen LogP contribution < -0.4 is 4.74 Å². The molecule has 0 unspecified atom stereocenters. The maximum atomic E-state index is 14.2. The highest BCUT2D eigenvalue weighted by atomic mass is 35.5. The van der Waals surface area contributed by atoms with E-state index in [1.807, 2.05) is 18.2 Å². The van der Waals surface area contributed by atoms with Gasteiger partial charge in [0.1, 0.15) is 29.5 Å². The molecule has 1 aromatic carbocycles. The van der Waals surface area contributed by atoms with Gasteiger partial charge in [0.15, 0.2) is 0 Å². The van der Waals surface area contributed by atoms with Crippen molar-refractivity contribution in [2.45, 2.75) is 51.0 Å². The van der Waals surface area contributed by atoms with Crippen LogP contribution in [0.25, 0.3) is 15.9 Å². The number of halogens is 2. The van der Waals surface area contributed by atoms with Crippen LogP contribution in [0.15, 0.2) is 48.7 Å². The van der Waals surface area contributed by atoms with Crippen molar-refractivity contribution in [1.29, 1.82) is 0 Å². The number of fused-ring (bicyclic) bond motifs is 1. The second-order valence-electron chi connectivity index (χ2n) is 10.0. The molecular weight excluding hydrogens is 519 g/mol. The number of likely N-dealkylation sites (tertiary alicyclic amines) is 1. The average Bonchev–Trinajstić information content (AvgIpc) is 3.25. The first-order valence-corrected chi connectivity index (χ1v) is 13.5. The minimum absolute atomic E-state index is 0.0592. The molecule has 0 amide bonds. The van der Waals surface area contributed by atoms with E-state index in [1.54, 1.807) is 24.4 Å². The Morgan fingerprint density at radius 2 is 1.97 bits per heavy atom. The monoisotopic (exact) mass is 546 g/mol. The van der Waals surface area contributed by atoms with Gasteiger partial charge in [-0.2, -0.15) is 0 Å². The maximum absolute atomic E-state index is 14.2. The molecule has 0 radical (unpaired) electrons. The number of benzene rings is 1. The molecule has 0 saturated carbocycles. The van der Waals surface area contributed by atoms with Gasteiger partial charge < -0.3 is 18.9 Å². The topological polar surface area (TPSA) is 69.7 Å². The maximum Gasteiger partial charge on any atom is 0.271 e. The summed E-state index contributed by atoms with van der Waals surface area (Å²) >= 11 is 5.87. The summed E-state index contributed by atoms with van der Waals surface area (Å²) in [7, 11) is 0. The largest absolute Gasteiger partial charge is 0.474 e. The van der Waals surface area contributed by atoms with Crippen molar-refractivity contribution in [3.05, 3.63) is 88.0 Å². The lowest BCUT2D eigenvalue weighted by atomic mass is 10.1. The number of rotatable bonds is 8. The SMILES string of the molecule is [C-]#[N+]c1cc2nc(CN3CCC(Oc4cccc(Cc5ccc(Cl)cc5F)n4)CC3)n(C[C@@H]3CCO3)c2cn1. The van der Waals surface area contributed by atoms with E-state index < -0.39 is 0 Å². The molecule has 0 bridgehead atoms. The molecule has 6 rings (SSSR count). The Labute approximate surface area is 231 Å². The molecule has 2 aliphatic heterocycles. The molecule has 10 heteroatoms. The summed E-state index contributed by atoms with van der Waals surface area (Å²) in [5.74, 6) is 1.55. The van der Waals surface area contributed by atoms with E-state index >= 15 is 0 Å². The van der Waals surface area contributed by atoms with Gasteiger partial charge >= 0.3 is 0 Å². The molecule has 4 aromatic rings. The van der Waals surface area contributed by atoms with Crippen molar-refractivity contribution in [1.82, 2.24) is 24.4 Å². The van der Waals surface area contributed by atoms with Crippen LogP contribution in [-0.2, 0) is 24.2 Å². The predicted molar refractivity (Wildman–Crippen MR) is 146 cm³/mol. The lowest BCUT2D eigenvalue weighted by molar-refractivity contribution is -0.0592. The van der Waals surface area contributed by atoms with Gasteiger partial charge in [-0.05, 0) is 49.1 Å². The molecule has 2 aliphatic rings. The summed E-state index contributed by atoms with van der Waals surface area (Å²) in [4.78, 5) is 19.6. The van der Waals surface area contributed by atoms with Gasteiger partial charge in [-0.1, -0.05) is 30.3 Å². The quantitative estimate of drug-likeness (QED) is 0.268. The number of aromatic nitrogens is 4. The average molecular weight is 547 g/mol. The summed E-state index contributed by atoms with van der Waals surface area (Å²) in [6.07, 6.45) is 5.15. The summed E-state index contributed by atoms with van der Waals surface area (Å²) in [5.41, 5.74) is 3.04. The van der Waals surface area contributed by atoms with E-state index in [0.29, 0.717) is 35.2 Å². The fourth-order valence-electron chi connectivity index (χ4n) is 5.12. The number of ether oxygens (including phenoxy) is 2. The highest BCUT2D eigenvalue weighted by molar-refractivity contribution is 6.30. The minimum atomic E-state index is -0.333. The van der Waals surface area contributed by atoms with Crippen molar-refractivity contribution in [3.63, 3.8) is 0 Å². The zero-order valence-electron chi connectivity index (χ0n) is 21.4. The predicted octanol–water partition coefficient (Wildman–Crippen LogP) is 5.59. The third-order valence-corrected chi connectivity index (χ3v) is 7.58. The molecule has 1 atom stereocenters. The first kappa shape index (κ1) is 25.7.